The van der Waals surface area contributed by atoms with E-state index in [4.69, 9.17) is 10.5 Å². The van der Waals surface area contributed by atoms with Crippen LogP contribution in [0.4, 0.5) is 0 Å². The second kappa shape index (κ2) is 5.95. The topological polar surface area (TPSA) is 65.2 Å². The van der Waals surface area contributed by atoms with Gasteiger partial charge in [-0.05, 0) is 13.8 Å². The van der Waals surface area contributed by atoms with Crippen molar-refractivity contribution in [3.05, 3.63) is 15.6 Å². The molecular formula is C10H16N2O2S. The van der Waals surface area contributed by atoms with Crippen LogP contribution in [-0.2, 0) is 16.0 Å². The van der Waals surface area contributed by atoms with Crippen molar-refractivity contribution in [2.24, 2.45) is 5.73 Å². The average Bonchev–Trinajstić information content (AvgIpc) is 2.46. The molecule has 1 aromatic heterocycles. The predicted molar refractivity (Wildman–Crippen MR) is 60.2 cm³/mol. The molecule has 0 spiro atoms. The molecule has 0 atom stereocenters. The highest BCUT2D eigenvalue weighted by Gasteiger charge is 2.08. The molecule has 15 heavy (non-hydrogen) atoms. The maximum atomic E-state index is 11.4. The molecule has 0 radical (unpaired) electrons. The molecule has 2 N–H and O–H groups in total. The molecule has 0 amide bonds. The molecule has 0 aliphatic heterocycles. The summed E-state index contributed by atoms with van der Waals surface area (Å²) in [5.41, 5.74) is 6.25. The second-order valence-electron chi connectivity index (χ2n) is 3.31. The summed E-state index contributed by atoms with van der Waals surface area (Å²) in [6.07, 6.45) is 0.365. The van der Waals surface area contributed by atoms with E-state index in [0.717, 1.165) is 10.7 Å². The summed E-state index contributed by atoms with van der Waals surface area (Å²) < 4.78 is 5.06. The minimum absolute atomic E-state index is 0.0530. The number of thiazole rings is 1. The van der Waals surface area contributed by atoms with Crippen LogP contribution in [-0.4, -0.2) is 30.5 Å². The maximum absolute atomic E-state index is 11.4. The molecule has 0 saturated carbocycles. The van der Waals surface area contributed by atoms with Crippen molar-refractivity contribution in [3.63, 3.8) is 0 Å². The van der Waals surface area contributed by atoms with E-state index in [2.05, 4.69) is 4.98 Å². The van der Waals surface area contributed by atoms with E-state index in [1.165, 1.54) is 4.88 Å². The van der Waals surface area contributed by atoms with Crippen LogP contribution in [0.3, 0.4) is 0 Å². The number of nitrogens with zero attached hydrogens (tertiary/aromatic N) is 1. The summed E-state index contributed by atoms with van der Waals surface area (Å²) in [4.78, 5) is 16.9. The van der Waals surface area contributed by atoms with Gasteiger partial charge in [-0.3, -0.25) is 4.79 Å². The molecule has 0 aromatic carbocycles. The summed E-state index contributed by atoms with van der Waals surface area (Å²) in [6, 6.07) is 0. The number of aromatic nitrogens is 1. The van der Waals surface area contributed by atoms with Gasteiger partial charge < -0.3 is 10.5 Å². The van der Waals surface area contributed by atoms with Crippen molar-refractivity contribution in [1.29, 1.82) is 0 Å². The van der Waals surface area contributed by atoms with E-state index < -0.39 is 0 Å². The number of hydrogen-bond donors (Lipinski definition) is 1. The molecule has 1 aromatic rings. The van der Waals surface area contributed by atoms with E-state index in [9.17, 15) is 4.79 Å². The Labute approximate surface area is 93.5 Å². The summed E-state index contributed by atoms with van der Waals surface area (Å²) in [6.45, 7) is 4.97. The molecule has 84 valence electrons. The van der Waals surface area contributed by atoms with Gasteiger partial charge in [0.05, 0.1) is 18.7 Å². The lowest BCUT2D eigenvalue weighted by molar-refractivity contribution is -0.122. The third-order valence-corrected chi connectivity index (χ3v) is 3.02. The number of aryl methyl sites for hydroxylation is 2. The fourth-order valence-electron chi connectivity index (χ4n) is 1.10. The molecule has 1 rings (SSSR count). The monoisotopic (exact) mass is 228 g/mol. The van der Waals surface area contributed by atoms with Gasteiger partial charge in [0.1, 0.15) is 11.6 Å². The molecule has 4 nitrogen and oxygen atoms in total. The van der Waals surface area contributed by atoms with Crippen LogP contribution in [0.5, 0.6) is 0 Å². The van der Waals surface area contributed by atoms with Gasteiger partial charge in [-0.25, -0.2) is 4.98 Å². The quantitative estimate of drug-likeness (QED) is 0.733. The largest absolute Gasteiger partial charge is 0.372 e. The van der Waals surface area contributed by atoms with Crippen LogP contribution in [0.2, 0.25) is 0 Å². The number of nitrogens with two attached hydrogens (primary N) is 1. The summed E-state index contributed by atoms with van der Waals surface area (Å²) in [5.74, 6) is 0.0530. The zero-order valence-electron chi connectivity index (χ0n) is 9.08. The van der Waals surface area contributed by atoms with Gasteiger partial charge in [0.15, 0.2) is 5.78 Å². The van der Waals surface area contributed by atoms with Crippen molar-refractivity contribution in [3.8, 4) is 0 Å². The second-order valence-corrected chi connectivity index (χ2v) is 4.59. The highest BCUT2D eigenvalue weighted by Crippen LogP contribution is 2.16. The zero-order chi connectivity index (χ0) is 11.3. The van der Waals surface area contributed by atoms with E-state index in [1.54, 1.807) is 11.3 Å². The minimum Gasteiger partial charge on any atom is -0.372 e. The molecule has 0 fully saturated rings. The van der Waals surface area contributed by atoms with Gasteiger partial charge in [-0.15, -0.1) is 11.3 Å². The smallest absolute Gasteiger partial charge is 0.165 e. The molecule has 0 unspecified atom stereocenters. The average molecular weight is 228 g/mol. The molecular weight excluding hydrogens is 212 g/mol. The molecule has 0 aliphatic carbocycles. The normalized spacial score (nSPS) is 10.6. The van der Waals surface area contributed by atoms with Crippen LogP contribution in [0.25, 0.3) is 0 Å². The van der Waals surface area contributed by atoms with Crippen molar-refractivity contribution in [2.75, 3.05) is 19.8 Å². The lowest BCUT2D eigenvalue weighted by Crippen LogP contribution is -2.16. The molecule has 5 heteroatoms. The number of carbonyl (C=O) groups is 1. The first kappa shape index (κ1) is 12.3. The van der Waals surface area contributed by atoms with Crippen molar-refractivity contribution in [2.45, 2.75) is 20.3 Å². The van der Waals surface area contributed by atoms with Crippen molar-refractivity contribution < 1.29 is 9.53 Å². The minimum atomic E-state index is 0.0530. The van der Waals surface area contributed by atoms with Crippen molar-refractivity contribution >= 4 is 17.1 Å². The lowest BCUT2D eigenvalue weighted by Gasteiger charge is -1.99. The predicted octanol–water partition coefficient (Wildman–Crippen LogP) is 0.847. The first-order valence-corrected chi connectivity index (χ1v) is 5.67. The van der Waals surface area contributed by atoms with Gasteiger partial charge in [0.25, 0.3) is 0 Å². The Bertz CT molecular complexity index is 317. The fraction of sp³-hybridized carbons (Fsp3) is 0.600. The molecule has 1 heterocycles. The summed E-state index contributed by atoms with van der Waals surface area (Å²) >= 11 is 1.57. The Morgan fingerprint density at radius 1 is 1.53 bits per heavy atom. The fourth-order valence-corrected chi connectivity index (χ4v) is 2.07. The van der Waals surface area contributed by atoms with Crippen LogP contribution in [0.15, 0.2) is 0 Å². The molecule has 0 aliphatic rings. The Kier molecular flexibility index (Phi) is 4.87. The van der Waals surface area contributed by atoms with Gasteiger partial charge in [-0.2, -0.15) is 0 Å². The number of rotatable bonds is 6. The van der Waals surface area contributed by atoms with Gasteiger partial charge in [0.2, 0.25) is 0 Å². The van der Waals surface area contributed by atoms with Crippen molar-refractivity contribution in [1.82, 2.24) is 4.98 Å². The van der Waals surface area contributed by atoms with E-state index >= 15 is 0 Å². The standard InChI is InChI=1S/C10H16N2O2S/c1-7-8(2)15-10(12-7)5-9(13)6-14-4-3-11/h3-6,11H2,1-2H3. The van der Waals surface area contributed by atoms with E-state index in [-0.39, 0.29) is 12.4 Å². The lowest BCUT2D eigenvalue weighted by atomic mass is 10.3. The van der Waals surface area contributed by atoms with Gasteiger partial charge in [-0.1, -0.05) is 0 Å². The first-order valence-electron chi connectivity index (χ1n) is 4.86. The Morgan fingerprint density at radius 2 is 2.27 bits per heavy atom. The SMILES string of the molecule is Cc1nc(CC(=O)COCCN)sc1C. The molecule has 0 saturated heterocycles. The third-order valence-electron chi connectivity index (χ3n) is 1.95. The number of ether oxygens (including phenoxy) is 1. The van der Waals surface area contributed by atoms with E-state index in [1.807, 2.05) is 13.8 Å². The number of carbonyl (C=O) groups excluding carboxylic acids is 1. The van der Waals surface area contributed by atoms with Gasteiger partial charge >= 0.3 is 0 Å². The van der Waals surface area contributed by atoms with Crippen LogP contribution in [0.1, 0.15) is 15.6 Å². The Morgan fingerprint density at radius 3 is 2.80 bits per heavy atom. The zero-order valence-corrected chi connectivity index (χ0v) is 9.89. The molecule has 0 bridgehead atoms. The third kappa shape index (κ3) is 4.07. The van der Waals surface area contributed by atoms with Crippen LogP contribution < -0.4 is 5.73 Å². The van der Waals surface area contributed by atoms with Gasteiger partial charge in [0, 0.05) is 11.4 Å². The Hall–Kier alpha value is -0.780. The highest BCUT2D eigenvalue weighted by atomic mass is 32.1. The summed E-state index contributed by atoms with van der Waals surface area (Å²) in [5, 5.41) is 0.867. The maximum Gasteiger partial charge on any atom is 0.165 e. The van der Waals surface area contributed by atoms with E-state index in [0.29, 0.717) is 19.6 Å². The van der Waals surface area contributed by atoms with Crippen LogP contribution in [0, 0.1) is 13.8 Å². The first-order chi connectivity index (χ1) is 7.13. The number of ketones is 1. The number of Topliss-reactive ketones (excluding diaryl/α,β-unsaturated/α-hetero) is 1. The summed E-state index contributed by atoms with van der Waals surface area (Å²) in [7, 11) is 0. The van der Waals surface area contributed by atoms with Crippen LogP contribution >= 0.6 is 11.3 Å². The highest BCUT2D eigenvalue weighted by molar-refractivity contribution is 7.11. The Balaban J connectivity index is 2.37. The number of hydrogen-bond acceptors (Lipinski definition) is 5.